The van der Waals surface area contributed by atoms with Crippen LogP contribution in [0.4, 0.5) is 18.9 Å². The third-order valence-electron chi connectivity index (χ3n) is 3.08. The summed E-state index contributed by atoms with van der Waals surface area (Å²) in [6, 6.07) is 13.6. The van der Waals surface area contributed by atoms with Crippen molar-refractivity contribution in [2.75, 3.05) is 7.05 Å². The fourth-order valence-electron chi connectivity index (χ4n) is 1.95. The van der Waals surface area contributed by atoms with Crippen LogP contribution in [0.15, 0.2) is 48.5 Å². The summed E-state index contributed by atoms with van der Waals surface area (Å²) in [6.45, 7) is 0. The summed E-state index contributed by atoms with van der Waals surface area (Å²) in [7, 11) is 1.92. The molecule has 0 unspecified atom stereocenters. The lowest BCUT2D eigenvalue weighted by Crippen LogP contribution is -3.00. The average Bonchev–Trinajstić information content (AvgIpc) is 2.89. The van der Waals surface area contributed by atoms with E-state index >= 15 is 0 Å². The fourth-order valence-corrected chi connectivity index (χ4v) is 4.42. The van der Waals surface area contributed by atoms with E-state index in [4.69, 9.17) is 0 Å². The molecule has 3 aromatic rings. The third kappa shape index (κ3) is 3.52. The van der Waals surface area contributed by atoms with Crippen LogP contribution >= 0.6 is 22.7 Å². The minimum atomic E-state index is -4.30. The number of fused-ring (bicyclic) bond motifs is 1. The molecular weight excluding hydrogens is 442 g/mol. The minimum Gasteiger partial charge on any atom is -1.00 e. The van der Waals surface area contributed by atoms with Crippen LogP contribution in [-0.4, -0.2) is 7.05 Å². The van der Waals surface area contributed by atoms with Gasteiger partial charge in [-0.25, -0.2) is 0 Å². The highest BCUT2D eigenvalue weighted by Crippen LogP contribution is 2.33. The van der Waals surface area contributed by atoms with E-state index in [0.29, 0.717) is 4.70 Å². The van der Waals surface area contributed by atoms with Crippen LogP contribution in [0.25, 0.3) is 9.40 Å². The second-order valence-electron chi connectivity index (χ2n) is 4.52. The van der Waals surface area contributed by atoms with E-state index in [1.54, 1.807) is 6.07 Å². The molecule has 1 heterocycles. The Labute approximate surface area is 150 Å². The maximum atomic E-state index is 12.7. The van der Waals surface area contributed by atoms with Gasteiger partial charge in [0.25, 0.3) is 0 Å². The molecule has 0 saturated carbocycles. The first-order valence-electron chi connectivity index (χ1n) is 6.18. The van der Waals surface area contributed by atoms with Gasteiger partial charge in [0.05, 0.1) is 15.0 Å². The summed E-state index contributed by atoms with van der Waals surface area (Å²) >= 11 is 2.87. The Morgan fingerprint density at radius 1 is 0.909 bits per heavy atom. The van der Waals surface area contributed by atoms with Crippen molar-refractivity contribution in [3.05, 3.63) is 58.1 Å². The van der Waals surface area contributed by atoms with Crippen molar-refractivity contribution in [3.63, 3.8) is 0 Å². The van der Waals surface area contributed by atoms with E-state index in [2.05, 4.69) is 0 Å². The van der Waals surface area contributed by atoms with Crippen LogP contribution in [0.1, 0.15) is 5.56 Å². The highest BCUT2D eigenvalue weighted by molar-refractivity contribution is 7.35. The molecule has 2 aromatic carbocycles. The van der Waals surface area contributed by atoms with Crippen molar-refractivity contribution in [1.29, 1.82) is 0 Å². The fraction of sp³-hybridized carbons (Fsp3) is 0.133. The summed E-state index contributed by atoms with van der Waals surface area (Å²) in [5, 5.41) is 0. The molecule has 0 aliphatic heterocycles. The van der Waals surface area contributed by atoms with Gasteiger partial charge < -0.3 is 24.0 Å². The van der Waals surface area contributed by atoms with Crippen LogP contribution in [-0.2, 0) is 6.18 Å². The Hall–Kier alpha value is -0.930. The van der Waals surface area contributed by atoms with E-state index < -0.39 is 11.7 Å². The van der Waals surface area contributed by atoms with E-state index in [-0.39, 0.29) is 24.0 Å². The van der Waals surface area contributed by atoms with Crippen molar-refractivity contribution in [2.45, 2.75) is 6.18 Å². The molecule has 0 fully saturated rings. The predicted octanol–water partition coefficient (Wildman–Crippen LogP) is 1.72. The number of halogens is 4. The number of hydrogen-bond donors (Lipinski definition) is 0. The quantitative estimate of drug-likeness (QED) is 0.390. The highest BCUT2D eigenvalue weighted by atomic mass is 127. The van der Waals surface area contributed by atoms with E-state index in [0.717, 1.165) is 20.4 Å². The topological polar surface area (TPSA) is 3.01 Å². The number of hydrogen-bond acceptors (Lipinski definition) is 2. The Kier molecular flexibility index (Phi) is 5.29. The molecule has 0 aliphatic carbocycles. The van der Waals surface area contributed by atoms with Crippen LogP contribution in [0.2, 0.25) is 0 Å². The molecule has 7 heteroatoms. The van der Waals surface area contributed by atoms with Gasteiger partial charge in [-0.1, -0.05) is 40.9 Å². The maximum Gasteiger partial charge on any atom is 0.416 e. The van der Waals surface area contributed by atoms with Gasteiger partial charge in [-0.2, -0.15) is 17.7 Å². The Bertz CT molecular complexity index is 850. The third-order valence-corrected chi connectivity index (χ3v) is 5.74. The van der Waals surface area contributed by atoms with Gasteiger partial charge in [0.2, 0.25) is 5.69 Å². The molecule has 0 saturated heterocycles. The number of benzene rings is 2. The lowest BCUT2D eigenvalue weighted by atomic mass is 10.2. The lowest BCUT2D eigenvalue weighted by Gasteiger charge is -2.04. The number of alkyl halides is 3. The first-order valence-corrected chi connectivity index (χ1v) is 7.81. The SMILES string of the molecule is C/[N+](c1ccccc1)=c1\sc2ccc(C(F)(F)F)cc2s1.[I-]. The largest absolute Gasteiger partial charge is 1.00 e. The van der Waals surface area contributed by atoms with Crippen molar-refractivity contribution in [3.8, 4) is 0 Å². The van der Waals surface area contributed by atoms with Crippen molar-refractivity contribution in [2.24, 2.45) is 0 Å². The summed E-state index contributed by atoms with van der Waals surface area (Å²) in [5.74, 6) is 0. The lowest BCUT2D eigenvalue weighted by molar-refractivity contribution is -0.137. The van der Waals surface area contributed by atoms with Gasteiger partial charge in [-0.15, -0.1) is 0 Å². The smallest absolute Gasteiger partial charge is 0.416 e. The van der Waals surface area contributed by atoms with Crippen LogP contribution in [0.5, 0.6) is 0 Å². The van der Waals surface area contributed by atoms with Crippen LogP contribution in [0.3, 0.4) is 0 Å². The normalized spacial score (nSPS) is 12.9. The van der Waals surface area contributed by atoms with Gasteiger partial charge in [-0.3, -0.25) is 0 Å². The van der Waals surface area contributed by atoms with E-state index in [1.807, 2.05) is 42.0 Å². The monoisotopic (exact) mass is 453 g/mol. The molecule has 116 valence electrons. The van der Waals surface area contributed by atoms with Crippen LogP contribution < -0.4 is 32.5 Å². The molecule has 0 aliphatic rings. The Morgan fingerprint density at radius 3 is 2.18 bits per heavy atom. The predicted molar refractivity (Wildman–Crippen MR) is 82.0 cm³/mol. The zero-order valence-electron chi connectivity index (χ0n) is 11.4. The van der Waals surface area contributed by atoms with E-state index in [1.165, 1.54) is 28.7 Å². The van der Waals surface area contributed by atoms with Crippen molar-refractivity contribution in [1.82, 2.24) is 4.58 Å². The summed E-state index contributed by atoms with van der Waals surface area (Å²) in [6.07, 6.45) is -4.30. The van der Waals surface area contributed by atoms with Gasteiger partial charge >= 0.3 is 10.2 Å². The minimum absolute atomic E-state index is 0. The second-order valence-corrected chi connectivity index (χ2v) is 6.84. The first-order chi connectivity index (χ1) is 9.95. The summed E-state index contributed by atoms with van der Waals surface area (Å²) < 4.78 is 42.7. The average molecular weight is 453 g/mol. The number of nitrogens with zero attached hydrogens (tertiary/aromatic N) is 1. The van der Waals surface area contributed by atoms with Gasteiger partial charge in [0, 0.05) is 12.1 Å². The number of rotatable bonds is 1. The molecule has 0 atom stereocenters. The Morgan fingerprint density at radius 2 is 1.55 bits per heavy atom. The summed E-state index contributed by atoms with van der Waals surface area (Å²) in [5.41, 5.74) is 0.411. The van der Waals surface area contributed by atoms with Crippen LogP contribution in [0, 0.1) is 0 Å². The molecule has 1 aromatic heterocycles. The van der Waals surface area contributed by atoms with Crippen molar-refractivity contribution >= 4 is 37.8 Å². The van der Waals surface area contributed by atoms with Gasteiger partial charge in [-0.05, 0) is 18.2 Å². The molecular formula is C15H11F3INS2. The van der Waals surface area contributed by atoms with Gasteiger partial charge in [0.15, 0.2) is 0 Å². The molecule has 0 bridgehead atoms. The first kappa shape index (κ1) is 17.4. The van der Waals surface area contributed by atoms with E-state index in [9.17, 15) is 13.2 Å². The molecule has 1 nitrogen and oxygen atoms in total. The molecule has 0 N–H and O–H groups in total. The molecule has 3 rings (SSSR count). The Balaban J connectivity index is 0.00000176. The highest BCUT2D eigenvalue weighted by Gasteiger charge is 2.30. The number of para-hydroxylation sites is 1. The molecule has 0 radical (unpaired) electrons. The molecule has 22 heavy (non-hydrogen) atoms. The zero-order chi connectivity index (χ0) is 15.0. The maximum absolute atomic E-state index is 12.7. The molecule has 0 amide bonds. The zero-order valence-corrected chi connectivity index (χ0v) is 15.2. The summed E-state index contributed by atoms with van der Waals surface area (Å²) in [4.78, 5) is 0. The molecule has 0 spiro atoms. The van der Waals surface area contributed by atoms with Crippen molar-refractivity contribution < 1.29 is 37.1 Å². The standard InChI is InChI=1S/C15H11F3NS2.HI/c1-19(11-5-3-2-4-6-11)14-20-12-8-7-10(15(16,17)18)9-13(12)21-14;/h2-9H,1H3;1H/q+1;/p-1/b19-14-;. The van der Waals surface area contributed by atoms with Gasteiger partial charge in [0.1, 0.15) is 7.05 Å². The second kappa shape index (κ2) is 6.67.